The molecule has 0 amide bonds. The molecular formula is C11H17N3OS. The van der Waals surface area contributed by atoms with E-state index in [4.69, 9.17) is 0 Å². The molecule has 5 heteroatoms. The highest BCUT2D eigenvalue weighted by Gasteiger charge is 2.07. The summed E-state index contributed by atoms with van der Waals surface area (Å²) in [6.07, 6.45) is 0. The molecule has 88 valence electrons. The van der Waals surface area contributed by atoms with E-state index in [0.717, 1.165) is 17.2 Å². The zero-order valence-electron chi connectivity index (χ0n) is 10.1. The predicted octanol–water partition coefficient (Wildman–Crippen LogP) is 1.90. The third-order valence-electron chi connectivity index (χ3n) is 2.38. The van der Waals surface area contributed by atoms with E-state index in [1.807, 2.05) is 13.8 Å². The van der Waals surface area contributed by atoms with Gasteiger partial charge in [0, 0.05) is 36.2 Å². The minimum atomic E-state index is -0.0940. The molecule has 0 aliphatic carbocycles. The third kappa shape index (κ3) is 3.81. The van der Waals surface area contributed by atoms with Crippen LogP contribution in [0.4, 0.5) is 0 Å². The maximum Gasteiger partial charge on any atom is 0.251 e. The fraction of sp³-hybridized carbons (Fsp3) is 0.545. The molecule has 0 spiro atoms. The Morgan fingerprint density at radius 3 is 2.94 bits per heavy atom. The van der Waals surface area contributed by atoms with Crippen molar-refractivity contribution in [3.8, 4) is 0 Å². The van der Waals surface area contributed by atoms with Gasteiger partial charge in [-0.3, -0.25) is 9.79 Å². The molecule has 1 atom stereocenters. The third-order valence-corrected chi connectivity index (χ3v) is 3.52. The van der Waals surface area contributed by atoms with Crippen LogP contribution in [0.15, 0.2) is 21.0 Å². The van der Waals surface area contributed by atoms with Gasteiger partial charge in [-0.1, -0.05) is 18.7 Å². The summed E-state index contributed by atoms with van der Waals surface area (Å²) in [5, 5.41) is 0.681. The van der Waals surface area contributed by atoms with Gasteiger partial charge in [0.25, 0.3) is 5.56 Å². The number of aromatic amines is 1. The molecule has 4 nitrogen and oxygen atoms in total. The number of hydrogen-bond acceptors (Lipinski definition) is 4. The minimum absolute atomic E-state index is 0.0940. The number of aromatic nitrogens is 2. The first-order valence-corrected chi connectivity index (χ1v) is 6.15. The normalized spacial score (nSPS) is 13.9. The van der Waals surface area contributed by atoms with Crippen LogP contribution < -0.4 is 5.56 Å². The lowest BCUT2D eigenvalue weighted by molar-refractivity contribution is 0.868. The summed E-state index contributed by atoms with van der Waals surface area (Å²) in [7, 11) is 1.79. The van der Waals surface area contributed by atoms with E-state index in [1.54, 1.807) is 18.8 Å². The van der Waals surface area contributed by atoms with Crippen molar-refractivity contribution in [2.45, 2.75) is 25.9 Å². The molecule has 0 aliphatic heterocycles. The zero-order chi connectivity index (χ0) is 12.1. The molecule has 1 unspecified atom stereocenters. The molecule has 1 aromatic heterocycles. The Morgan fingerprint density at radius 2 is 2.38 bits per heavy atom. The predicted molar refractivity (Wildman–Crippen MR) is 68.5 cm³/mol. The number of nitrogens with zero attached hydrogens (tertiary/aromatic N) is 2. The fourth-order valence-electron chi connectivity index (χ4n) is 1.16. The molecule has 0 saturated carbocycles. The number of hydrogen-bond donors (Lipinski definition) is 1. The SMILES string of the molecule is CN=C(C)C(C)CSc1nc(C)cc(=O)[nH]1. The van der Waals surface area contributed by atoms with Crippen LogP contribution in [0.5, 0.6) is 0 Å². The second-order valence-corrected chi connectivity index (χ2v) is 4.78. The molecule has 1 heterocycles. The lowest BCUT2D eigenvalue weighted by Crippen LogP contribution is -2.12. The van der Waals surface area contributed by atoms with E-state index in [0.29, 0.717) is 11.1 Å². The van der Waals surface area contributed by atoms with Crippen LogP contribution in [0.25, 0.3) is 0 Å². The second-order valence-electron chi connectivity index (χ2n) is 3.77. The van der Waals surface area contributed by atoms with Gasteiger partial charge in [0.2, 0.25) is 0 Å². The van der Waals surface area contributed by atoms with Gasteiger partial charge in [-0.25, -0.2) is 4.98 Å². The summed E-state index contributed by atoms with van der Waals surface area (Å²) in [4.78, 5) is 22.3. The molecule has 1 N–H and O–H groups in total. The van der Waals surface area contributed by atoms with Crippen LogP contribution in [0.1, 0.15) is 19.5 Å². The first-order chi connectivity index (χ1) is 7.52. The van der Waals surface area contributed by atoms with Crippen molar-refractivity contribution >= 4 is 17.5 Å². The van der Waals surface area contributed by atoms with Gasteiger partial charge < -0.3 is 4.98 Å². The van der Waals surface area contributed by atoms with Gasteiger partial charge in [-0.05, 0) is 13.8 Å². The summed E-state index contributed by atoms with van der Waals surface area (Å²) >= 11 is 1.55. The van der Waals surface area contributed by atoms with Gasteiger partial charge in [0.1, 0.15) is 0 Å². The number of rotatable bonds is 4. The van der Waals surface area contributed by atoms with Crippen LogP contribution in [0.2, 0.25) is 0 Å². The molecule has 0 fully saturated rings. The van der Waals surface area contributed by atoms with E-state index in [-0.39, 0.29) is 5.56 Å². The van der Waals surface area contributed by atoms with Gasteiger partial charge in [-0.2, -0.15) is 0 Å². The summed E-state index contributed by atoms with van der Waals surface area (Å²) < 4.78 is 0. The number of H-pyrrole nitrogens is 1. The van der Waals surface area contributed by atoms with Crippen molar-refractivity contribution < 1.29 is 0 Å². The largest absolute Gasteiger partial charge is 0.301 e. The number of nitrogens with one attached hydrogen (secondary N) is 1. The first-order valence-electron chi connectivity index (χ1n) is 5.17. The quantitative estimate of drug-likeness (QED) is 0.496. The van der Waals surface area contributed by atoms with Crippen LogP contribution in [-0.4, -0.2) is 28.5 Å². The highest BCUT2D eigenvalue weighted by molar-refractivity contribution is 7.99. The Kier molecular flexibility index (Phi) is 4.73. The molecular weight excluding hydrogens is 222 g/mol. The number of thioether (sulfide) groups is 1. The Morgan fingerprint density at radius 1 is 1.69 bits per heavy atom. The van der Waals surface area contributed by atoms with Crippen molar-refractivity contribution in [1.82, 2.24) is 9.97 Å². The van der Waals surface area contributed by atoms with Crippen molar-refractivity contribution in [3.05, 3.63) is 22.1 Å². The maximum atomic E-state index is 11.2. The molecule has 0 bridgehead atoms. The van der Waals surface area contributed by atoms with E-state index in [2.05, 4.69) is 21.9 Å². The number of aliphatic imine (C=N–C) groups is 1. The molecule has 16 heavy (non-hydrogen) atoms. The van der Waals surface area contributed by atoms with Gasteiger partial charge in [0.15, 0.2) is 5.16 Å². The van der Waals surface area contributed by atoms with E-state index in [1.165, 1.54) is 6.07 Å². The molecule has 0 radical (unpaired) electrons. The van der Waals surface area contributed by atoms with E-state index >= 15 is 0 Å². The highest BCUT2D eigenvalue weighted by Crippen LogP contribution is 2.16. The second kappa shape index (κ2) is 5.84. The van der Waals surface area contributed by atoms with Gasteiger partial charge >= 0.3 is 0 Å². The van der Waals surface area contributed by atoms with Gasteiger partial charge in [0.05, 0.1) is 0 Å². The summed E-state index contributed by atoms with van der Waals surface area (Å²) in [6.45, 7) is 5.95. The minimum Gasteiger partial charge on any atom is -0.301 e. The fourth-order valence-corrected chi connectivity index (χ4v) is 2.20. The summed E-state index contributed by atoms with van der Waals surface area (Å²) in [6, 6.07) is 1.49. The van der Waals surface area contributed by atoms with Crippen LogP contribution in [0, 0.1) is 12.8 Å². The van der Waals surface area contributed by atoms with Crippen molar-refractivity contribution in [3.63, 3.8) is 0 Å². The van der Waals surface area contributed by atoms with Crippen LogP contribution in [-0.2, 0) is 0 Å². The average molecular weight is 239 g/mol. The Bertz CT molecular complexity index is 439. The molecule has 1 rings (SSSR count). The summed E-state index contributed by atoms with van der Waals surface area (Å²) in [5.41, 5.74) is 1.77. The summed E-state index contributed by atoms with van der Waals surface area (Å²) in [5.74, 6) is 1.26. The average Bonchev–Trinajstić information content (AvgIpc) is 2.23. The molecule has 0 aromatic carbocycles. The lowest BCUT2D eigenvalue weighted by atomic mass is 10.1. The van der Waals surface area contributed by atoms with Gasteiger partial charge in [-0.15, -0.1) is 0 Å². The Balaban J connectivity index is 2.65. The topological polar surface area (TPSA) is 58.1 Å². The first kappa shape index (κ1) is 13.0. The monoisotopic (exact) mass is 239 g/mol. The van der Waals surface area contributed by atoms with Crippen molar-refractivity contribution in [2.75, 3.05) is 12.8 Å². The van der Waals surface area contributed by atoms with Crippen molar-refractivity contribution in [1.29, 1.82) is 0 Å². The standard InChI is InChI=1S/C11H17N3OS/c1-7(9(3)12-4)6-16-11-13-8(2)5-10(15)14-11/h5,7H,6H2,1-4H3,(H,13,14,15). The van der Waals surface area contributed by atoms with E-state index < -0.39 is 0 Å². The zero-order valence-corrected chi connectivity index (χ0v) is 10.9. The maximum absolute atomic E-state index is 11.2. The Hall–Kier alpha value is -1.10. The van der Waals surface area contributed by atoms with Crippen LogP contribution >= 0.6 is 11.8 Å². The molecule has 0 aliphatic rings. The molecule has 0 saturated heterocycles. The van der Waals surface area contributed by atoms with Crippen molar-refractivity contribution in [2.24, 2.45) is 10.9 Å². The van der Waals surface area contributed by atoms with Crippen LogP contribution in [0.3, 0.4) is 0 Å². The Labute approximate surface area is 99.6 Å². The number of aryl methyl sites for hydroxylation is 1. The highest BCUT2D eigenvalue weighted by atomic mass is 32.2. The molecule has 1 aromatic rings. The van der Waals surface area contributed by atoms with E-state index in [9.17, 15) is 4.79 Å². The lowest BCUT2D eigenvalue weighted by Gasteiger charge is -2.09. The smallest absolute Gasteiger partial charge is 0.251 e.